The van der Waals surface area contributed by atoms with E-state index in [1.807, 2.05) is 13.8 Å². The highest BCUT2D eigenvalue weighted by atomic mass is 16.3. The van der Waals surface area contributed by atoms with Crippen LogP contribution in [-0.4, -0.2) is 37.4 Å². The number of fused-ring (bicyclic) bond motifs is 1. The van der Waals surface area contributed by atoms with E-state index in [1.54, 1.807) is 11.6 Å². The van der Waals surface area contributed by atoms with Crippen molar-refractivity contribution < 1.29 is 5.11 Å². The lowest BCUT2D eigenvalue weighted by Gasteiger charge is -2.12. The van der Waals surface area contributed by atoms with E-state index < -0.39 is 11.2 Å². The number of anilines is 1. The molecule has 0 amide bonds. The highest BCUT2D eigenvalue weighted by Gasteiger charge is 2.18. The lowest BCUT2D eigenvalue weighted by Crippen LogP contribution is -2.32. The number of hydrogen-bond donors (Lipinski definition) is 3. The molecule has 116 valence electrons. The molecule has 3 N–H and O–H groups in total. The van der Waals surface area contributed by atoms with Crippen molar-refractivity contribution >= 4 is 17.1 Å². The predicted octanol–water partition coefficient (Wildman–Crippen LogP) is 0.189. The molecule has 21 heavy (non-hydrogen) atoms. The largest absolute Gasteiger partial charge is 0.396 e. The van der Waals surface area contributed by atoms with Gasteiger partial charge in [0, 0.05) is 26.2 Å². The number of imidazole rings is 1. The number of aryl methyl sites for hydroxylation is 1. The second kappa shape index (κ2) is 6.13. The maximum atomic E-state index is 12.0. The Kier molecular flexibility index (Phi) is 4.46. The van der Waals surface area contributed by atoms with Crippen molar-refractivity contribution in [3.8, 4) is 0 Å². The lowest BCUT2D eigenvalue weighted by atomic mass is 10.2. The molecule has 1 atom stereocenters. The summed E-state index contributed by atoms with van der Waals surface area (Å²) in [5.41, 5.74) is -0.143. The van der Waals surface area contributed by atoms with E-state index in [2.05, 4.69) is 15.3 Å². The van der Waals surface area contributed by atoms with Crippen LogP contribution in [0, 0.1) is 0 Å². The molecule has 0 aliphatic rings. The number of aromatic amines is 1. The van der Waals surface area contributed by atoms with Crippen LogP contribution >= 0.6 is 0 Å². The van der Waals surface area contributed by atoms with Crippen molar-refractivity contribution in [2.24, 2.45) is 7.05 Å². The Labute approximate surface area is 121 Å². The summed E-state index contributed by atoms with van der Waals surface area (Å²) in [6, 6.07) is -0.0583. The fraction of sp³-hybridized carbons (Fsp3) is 0.615. The van der Waals surface area contributed by atoms with E-state index in [-0.39, 0.29) is 12.6 Å². The molecule has 0 fully saturated rings. The number of aliphatic hydroxyl groups excluding tert-OH is 1. The van der Waals surface area contributed by atoms with Crippen LogP contribution in [0.3, 0.4) is 0 Å². The number of rotatable bonds is 6. The molecule has 0 saturated heterocycles. The summed E-state index contributed by atoms with van der Waals surface area (Å²) in [7, 11) is 1.72. The maximum Gasteiger partial charge on any atom is 0.330 e. The molecule has 0 radical (unpaired) electrons. The highest BCUT2D eigenvalue weighted by Crippen LogP contribution is 2.17. The fourth-order valence-electron chi connectivity index (χ4n) is 2.25. The van der Waals surface area contributed by atoms with Gasteiger partial charge in [-0.25, -0.2) is 4.79 Å². The first kappa shape index (κ1) is 15.3. The molecular formula is C13H21N5O3. The van der Waals surface area contributed by atoms with Gasteiger partial charge in [-0.05, 0) is 19.8 Å². The van der Waals surface area contributed by atoms with Crippen LogP contribution in [0.1, 0.15) is 32.7 Å². The number of aliphatic hydroxyl groups is 1. The summed E-state index contributed by atoms with van der Waals surface area (Å²) in [5, 5.41) is 11.9. The second-order valence-electron chi connectivity index (χ2n) is 5.06. The SMILES string of the molecule is CCC(C)n1c(=O)[nH]c(=O)c2c1nc(NCCCO)n2C. The van der Waals surface area contributed by atoms with Crippen LogP contribution in [-0.2, 0) is 7.05 Å². The van der Waals surface area contributed by atoms with Crippen LogP contribution in [0.15, 0.2) is 9.59 Å². The second-order valence-corrected chi connectivity index (χ2v) is 5.06. The minimum atomic E-state index is -0.445. The Morgan fingerprint density at radius 1 is 1.43 bits per heavy atom. The number of aromatic nitrogens is 4. The first-order chi connectivity index (χ1) is 10.0. The van der Waals surface area contributed by atoms with Crippen LogP contribution in [0.4, 0.5) is 5.95 Å². The zero-order chi connectivity index (χ0) is 15.6. The lowest BCUT2D eigenvalue weighted by molar-refractivity contribution is 0.292. The third-order valence-corrected chi connectivity index (χ3v) is 3.61. The minimum absolute atomic E-state index is 0.0583. The van der Waals surface area contributed by atoms with Crippen LogP contribution < -0.4 is 16.6 Å². The molecule has 2 aromatic heterocycles. The minimum Gasteiger partial charge on any atom is -0.396 e. The summed E-state index contributed by atoms with van der Waals surface area (Å²) >= 11 is 0. The Hall–Kier alpha value is -2.09. The van der Waals surface area contributed by atoms with Crippen LogP contribution in [0.5, 0.6) is 0 Å². The molecule has 0 aromatic carbocycles. The van der Waals surface area contributed by atoms with E-state index in [9.17, 15) is 9.59 Å². The van der Waals surface area contributed by atoms with E-state index in [0.717, 1.165) is 6.42 Å². The highest BCUT2D eigenvalue weighted by molar-refractivity contribution is 5.74. The summed E-state index contributed by atoms with van der Waals surface area (Å²) in [5.74, 6) is 0.506. The molecule has 0 spiro atoms. The quantitative estimate of drug-likeness (QED) is 0.660. The Morgan fingerprint density at radius 3 is 2.76 bits per heavy atom. The standard InChI is InChI=1S/C13H21N5O3/c1-4-8(2)18-10-9(11(20)16-13(18)21)17(3)12(15-10)14-6-5-7-19/h8,19H,4-7H2,1-3H3,(H,14,15)(H,16,20,21). The van der Waals surface area contributed by atoms with Gasteiger partial charge in [-0.3, -0.25) is 14.3 Å². The van der Waals surface area contributed by atoms with Gasteiger partial charge < -0.3 is 15.0 Å². The van der Waals surface area contributed by atoms with Crippen molar-refractivity contribution in [2.75, 3.05) is 18.5 Å². The topological polar surface area (TPSA) is 105 Å². The molecule has 0 saturated carbocycles. The zero-order valence-corrected chi connectivity index (χ0v) is 12.5. The number of nitrogens with zero attached hydrogens (tertiary/aromatic N) is 3. The summed E-state index contributed by atoms with van der Waals surface area (Å²) in [6.45, 7) is 4.50. The molecule has 2 rings (SSSR count). The zero-order valence-electron chi connectivity index (χ0n) is 12.5. The Bertz CT molecular complexity index is 743. The van der Waals surface area contributed by atoms with Crippen molar-refractivity contribution in [1.29, 1.82) is 0 Å². The molecule has 2 aromatic rings. The average Bonchev–Trinajstić information content (AvgIpc) is 2.76. The monoisotopic (exact) mass is 295 g/mol. The van der Waals surface area contributed by atoms with Gasteiger partial charge in [-0.2, -0.15) is 4.98 Å². The average molecular weight is 295 g/mol. The molecule has 0 aliphatic heterocycles. The number of nitrogens with one attached hydrogen (secondary N) is 2. The third-order valence-electron chi connectivity index (χ3n) is 3.61. The molecule has 8 nitrogen and oxygen atoms in total. The van der Waals surface area contributed by atoms with E-state index in [1.165, 1.54) is 4.57 Å². The van der Waals surface area contributed by atoms with Crippen LogP contribution in [0.2, 0.25) is 0 Å². The van der Waals surface area contributed by atoms with E-state index >= 15 is 0 Å². The third kappa shape index (κ3) is 2.71. The summed E-state index contributed by atoms with van der Waals surface area (Å²) in [4.78, 5) is 30.8. The Morgan fingerprint density at radius 2 is 2.14 bits per heavy atom. The molecule has 2 heterocycles. The molecule has 1 unspecified atom stereocenters. The van der Waals surface area contributed by atoms with Gasteiger partial charge in [0.15, 0.2) is 11.2 Å². The van der Waals surface area contributed by atoms with E-state index in [0.29, 0.717) is 30.1 Å². The van der Waals surface area contributed by atoms with Crippen molar-refractivity contribution in [2.45, 2.75) is 32.7 Å². The Balaban J connectivity index is 2.63. The van der Waals surface area contributed by atoms with Gasteiger partial charge in [0.2, 0.25) is 5.95 Å². The number of H-pyrrole nitrogens is 1. The molecule has 8 heteroatoms. The van der Waals surface area contributed by atoms with Gasteiger partial charge >= 0.3 is 5.69 Å². The summed E-state index contributed by atoms with van der Waals surface area (Å²) in [6.07, 6.45) is 1.34. The van der Waals surface area contributed by atoms with Crippen molar-refractivity contribution in [3.63, 3.8) is 0 Å². The predicted molar refractivity (Wildman–Crippen MR) is 80.8 cm³/mol. The van der Waals surface area contributed by atoms with Gasteiger partial charge in [0.25, 0.3) is 5.56 Å². The van der Waals surface area contributed by atoms with Crippen molar-refractivity contribution in [1.82, 2.24) is 19.1 Å². The fourth-order valence-corrected chi connectivity index (χ4v) is 2.25. The van der Waals surface area contributed by atoms with Crippen LogP contribution in [0.25, 0.3) is 11.2 Å². The van der Waals surface area contributed by atoms with Gasteiger partial charge in [0.05, 0.1) is 0 Å². The molecule has 0 bridgehead atoms. The maximum absolute atomic E-state index is 12.0. The summed E-state index contributed by atoms with van der Waals surface area (Å²) < 4.78 is 3.14. The molecular weight excluding hydrogens is 274 g/mol. The van der Waals surface area contributed by atoms with Gasteiger partial charge in [0.1, 0.15) is 0 Å². The van der Waals surface area contributed by atoms with Crippen molar-refractivity contribution in [3.05, 3.63) is 20.8 Å². The van der Waals surface area contributed by atoms with Gasteiger partial charge in [-0.15, -0.1) is 0 Å². The first-order valence-electron chi connectivity index (χ1n) is 7.07. The first-order valence-corrected chi connectivity index (χ1v) is 7.07. The number of hydrogen-bond acceptors (Lipinski definition) is 5. The van der Waals surface area contributed by atoms with E-state index in [4.69, 9.17) is 5.11 Å². The normalized spacial score (nSPS) is 12.8. The molecule has 0 aliphatic carbocycles. The van der Waals surface area contributed by atoms with Gasteiger partial charge in [-0.1, -0.05) is 6.92 Å². The smallest absolute Gasteiger partial charge is 0.330 e.